The van der Waals surface area contributed by atoms with E-state index < -0.39 is 0 Å². The monoisotopic (exact) mass is 238 g/mol. The molecule has 6 atom stereocenters. The maximum atomic E-state index is 11.8. The third-order valence-corrected chi connectivity index (χ3v) is 5.13. The lowest BCUT2D eigenvalue weighted by molar-refractivity contribution is -0.146. The van der Waals surface area contributed by atoms with Gasteiger partial charge in [-0.3, -0.25) is 4.79 Å². The topological polar surface area (TPSA) is 46.5 Å². The van der Waals surface area contributed by atoms with E-state index in [0.717, 1.165) is 12.8 Å². The fraction of sp³-hybridized carbons (Fsp3) is 0.929. The zero-order valence-corrected chi connectivity index (χ0v) is 10.5. The summed E-state index contributed by atoms with van der Waals surface area (Å²) < 4.78 is 5.32. The Bertz CT molecular complexity index is 315. The number of rotatable bonds is 5. The molecule has 0 aromatic rings. The van der Waals surface area contributed by atoms with Crippen LogP contribution in [-0.2, 0) is 9.53 Å². The minimum atomic E-state index is -0.376. The minimum absolute atomic E-state index is 0.0282. The van der Waals surface area contributed by atoms with Gasteiger partial charge >= 0.3 is 5.97 Å². The largest absolute Gasteiger partial charge is 0.459 e. The Kier molecular flexibility index (Phi) is 2.89. The van der Waals surface area contributed by atoms with E-state index >= 15 is 0 Å². The highest BCUT2D eigenvalue weighted by molar-refractivity contribution is 5.77. The zero-order chi connectivity index (χ0) is 12.0. The van der Waals surface area contributed by atoms with Gasteiger partial charge in [-0.05, 0) is 24.7 Å². The van der Waals surface area contributed by atoms with Gasteiger partial charge in [-0.1, -0.05) is 32.6 Å². The zero-order valence-electron chi connectivity index (χ0n) is 10.5. The van der Waals surface area contributed by atoms with Gasteiger partial charge < -0.3 is 9.84 Å². The summed E-state index contributed by atoms with van der Waals surface area (Å²) in [6.07, 6.45) is 6.55. The Morgan fingerprint density at radius 2 is 2.12 bits per heavy atom. The van der Waals surface area contributed by atoms with Crippen molar-refractivity contribution in [3.63, 3.8) is 0 Å². The maximum Gasteiger partial charge on any atom is 0.310 e. The van der Waals surface area contributed by atoms with Crippen LogP contribution in [0.1, 0.15) is 45.4 Å². The number of carbonyl (C=O) groups is 1. The first-order valence-corrected chi connectivity index (χ1v) is 7.12. The van der Waals surface area contributed by atoms with E-state index in [-0.39, 0.29) is 24.1 Å². The number of hydrogen-bond donors (Lipinski definition) is 1. The quantitative estimate of drug-likeness (QED) is 0.589. The van der Waals surface area contributed by atoms with Gasteiger partial charge in [0, 0.05) is 5.92 Å². The van der Waals surface area contributed by atoms with Crippen LogP contribution < -0.4 is 0 Å². The molecule has 2 saturated carbocycles. The van der Waals surface area contributed by atoms with Crippen molar-refractivity contribution in [1.82, 2.24) is 0 Å². The first kappa shape index (κ1) is 11.5. The molecule has 1 N–H and O–H groups in total. The summed E-state index contributed by atoms with van der Waals surface area (Å²) in [4.78, 5) is 11.8. The van der Waals surface area contributed by atoms with Crippen molar-refractivity contribution in [1.29, 1.82) is 0 Å². The molecule has 3 fully saturated rings. The Hall–Kier alpha value is -0.570. The van der Waals surface area contributed by atoms with Gasteiger partial charge in [0.05, 0.1) is 12.0 Å². The number of carbonyl (C=O) groups excluding carboxylic acids is 1. The van der Waals surface area contributed by atoms with Crippen molar-refractivity contribution in [3.05, 3.63) is 0 Å². The van der Waals surface area contributed by atoms with Crippen molar-refractivity contribution >= 4 is 5.97 Å². The summed E-state index contributed by atoms with van der Waals surface area (Å²) in [5, 5.41) is 10.1. The minimum Gasteiger partial charge on any atom is -0.459 e. The molecule has 96 valence electrons. The molecule has 1 aliphatic heterocycles. The molecular weight excluding hydrogens is 216 g/mol. The van der Waals surface area contributed by atoms with Crippen molar-refractivity contribution in [2.75, 3.05) is 0 Å². The van der Waals surface area contributed by atoms with Crippen LogP contribution in [0, 0.1) is 23.7 Å². The van der Waals surface area contributed by atoms with Crippen LogP contribution in [0.4, 0.5) is 0 Å². The molecule has 3 nitrogen and oxygen atoms in total. The summed E-state index contributed by atoms with van der Waals surface area (Å²) >= 11 is 0. The molecule has 0 radical (unpaired) electrons. The summed E-state index contributed by atoms with van der Waals surface area (Å²) in [6.45, 7) is 2.21. The lowest BCUT2D eigenvalue weighted by Crippen LogP contribution is -2.37. The summed E-state index contributed by atoms with van der Waals surface area (Å²) in [7, 11) is 0. The number of hydrogen-bond acceptors (Lipinski definition) is 3. The molecule has 0 aromatic heterocycles. The fourth-order valence-corrected chi connectivity index (χ4v) is 4.37. The number of aliphatic hydroxyl groups excluding tert-OH is 1. The Labute approximate surface area is 103 Å². The third kappa shape index (κ3) is 1.62. The molecule has 1 heterocycles. The van der Waals surface area contributed by atoms with Crippen LogP contribution in [0.2, 0.25) is 0 Å². The predicted octanol–water partition coefficient (Wildman–Crippen LogP) is 2.13. The average molecular weight is 238 g/mol. The van der Waals surface area contributed by atoms with Gasteiger partial charge in [0.25, 0.3) is 0 Å². The highest BCUT2D eigenvalue weighted by atomic mass is 16.6. The lowest BCUT2D eigenvalue weighted by Gasteiger charge is -2.28. The van der Waals surface area contributed by atoms with E-state index in [9.17, 15) is 9.90 Å². The second-order valence-corrected chi connectivity index (χ2v) is 5.99. The van der Waals surface area contributed by atoms with E-state index in [1.807, 2.05) is 0 Å². The molecule has 2 bridgehead atoms. The number of aliphatic hydroxyl groups is 1. The van der Waals surface area contributed by atoms with Crippen LogP contribution in [-0.4, -0.2) is 23.3 Å². The Balaban J connectivity index is 1.63. The van der Waals surface area contributed by atoms with Crippen molar-refractivity contribution in [2.45, 2.75) is 57.7 Å². The van der Waals surface area contributed by atoms with E-state index in [0.29, 0.717) is 17.8 Å². The average Bonchev–Trinajstić information content (AvgIpc) is 2.89. The second kappa shape index (κ2) is 4.27. The second-order valence-electron chi connectivity index (χ2n) is 5.99. The lowest BCUT2D eigenvalue weighted by atomic mass is 9.76. The summed E-state index contributed by atoms with van der Waals surface area (Å²) in [6, 6.07) is 0. The Morgan fingerprint density at radius 3 is 2.88 bits per heavy atom. The van der Waals surface area contributed by atoms with Crippen LogP contribution in [0.15, 0.2) is 0 Å². The molecule has 6 unspecified atom stereocenters. The highest BCUT2D eigenvalue weighted by Crippen LogP contribution is 2.58. The third-order valence-electron chi connectivity index (χ3n) is 5.13. The molecule has 1 saturated heterocycles. The SMILES string of the molecule is CCCCCCC1C2CC3C(OC(=O)C13)C2O. The van der Waals surface area contributed by atoms with Crippen LogP contribution in [0.5, 0.6) is 0 Å². The fourth-order valence-electron chi connectivity index (χ4n) is 4.37. The normalized spacial score (nSPS) is 46.6. The molecule has 3 rings (SSSR count). The van der Waals surface area contributed by atoms with Crippen molar-refractivity contribution in [3.8, 4) is 0 Å². The first-order valence-electron chi connectivity index (χ1n) is 7.12. The van der Waals surface area contributed by atoms with Gasteiger partial charge in [-0.25, -0.2) is 0 Å². The van der Waals surface area contributed by atoms with E-state index in [2.05, 4.69) is 6.92 Å². The maximum absolute atomic E-state index is 11.8. The molecule has 3 heteroatoms. The summed E-state index contributed by atoms with van der Waals surface area (Å²) in [5.41, 5.74) is 0. The standard InChI is InChI=1S/C14H22O3/c1-2-3-4-5-6-8-9-7-10-11(8)14(16)17-13(10)12(9)15/h8-13,15H,2-7H2,1H3. The number of fused-ring (bicyclic) bond motifs is 1. The van der Waals surface area contributed by atoms with E-state index in [1.54, 1.807) is 0 Å². The van der Waals surface area contributed by atoms with Gasteiger partial charge in [0.15, 0.2) is 0 Å². The molecule has 17 heavy (non-hydrogen) atoms. The van der Waals surface area contributed by atoms with E-state index in [1.165, 1.54) is 25.7 Å². The predicted molar refractivity (Wildman–Crippen MR) is 63.2 cm³/mol. The summed E-state index contributed by atoms with van der Waals surface area (Å²) in [5.74, 6) is 1.16. The smallest absolute Gasteiger partial charge is 0.310 e. The molecule has 0 aromatic carbocycles. The highest BCUT2D eigenvalue weighted by Gasteiger charge is 2.65. The molecule has 0 amide bonds. The van der Waals surface area contributed by atoms with Crippen LogP contribution in [0.3, 0.4) is 0 Å². The van der Waals surface area contributed by atoms with Gasteiger partial charge in [-0.15, -0.1) is 0 Å². The number of esters is 1. The van der Waals surface area contributed by atoms with Gasteiger partial charge in [0.1, 0.15) is 6.10 Å². The van der Waals surface area contributed by atoms with Gasteiger partial charge in [-0.2, -0.15) is 0 Å². The van der Waals surface area contributed by atoms with Crippen molar-refractivity contribution in [2.24, 2.45) is 23.7 Å². The number of unbranched alkanes of at least 4 members (excludes halogenated alkanes) is 3. The van der Waals surface area contributed by atoms with Crippen LogP contribution in [0.25, 0.3) is 0 Å². The molecule has 2 aliphatic carbocycles. The number of ether oxygens (including phenoxy) is 1. The molecule has 0 spiro atoms. The van der Waals surface area contributed by atoms with Crippen LogP contribution >= 0.6 is 0 Å². The first-order chi connectivity index (χ1) is 8.24. The van der Waals surface area contributed by atoms with Gasteiger partial charge in [0.2, 0.25) is 0 Å². The Morgan fingerprint density at radius 1 is 1.29 bits per heavy atom. The molecular formula is C14H22O3. The van der Waals surface area contributed by atoms with E-state index in [4.69, 9.17) is 4.74 Å². The molecule has 3 aliphatic rings. The van der Waals surface area contributed by atoms with Crippen molar-refractivity contribution < 1.29 is 14.6 Å².